The molecule has 4 rings (SSSR count). The van der Waals surface area contributed by atoms with E-state index in [1.54, 1.807) is 19.1 Å². The first-order valence-corrected chi connectivity index (χ1v) is 10.2. The third-order valence-corrected chi connectivity index (χ3v) is 8.61. The molecular formula is C22H30O6. The van der Waals surface area contributed by atoms with Crippen molar-refractivity contribution >= 4 is 11.6 Å². The molecule has 0 saturated heterocycles. The van der Waals surface area contributed by atoms with Gasteiger partial charge >= 0.3 is 0 Å². The summed E-state index contributed by atoms with van der Waals surface area (Å²) in [5.41, 5.74) is -2.51. The molecule has 9 atom stereocenters. The maximum Gasteiger partial charge on any atom is 0.192 e. The van der Waals surface area contributed by atoms with Crippen molar-refractivity contribution in [3.63, 3.8) is 0 Å². The summed E-state index contributed by atoms with van der Waals surface area (Å²) in [4.78, 5) is 24.4. The van der Waals surface area contributed by atoms with Gasteiger partial charge in [-0.05, 0) is 49.2 Å². The zero-order valence-electron chi connectivity index (χ0n) is 16.6. The molecule has 4 aliphatic rings. The molecule has 0 bridgehead atoms. The highest BCUT2D eigenvalue weighted by atomic mass is 16.4. The van der Waals surface area contributed by atoms with E-state index in [0.29, 0.717) is 0 Å². The number of ketones is 2. The summed E-state index contributed by atoms with van der Waals surface area (Å²) in [5.74, 6) is -1.03. The molecule has 0 aliphatic heterocycles. The Kier molecular flexibility index (Phi) is 4.33. The molecule has 0 heterocycles. The van der Waals surface area contributed by atoms with Crippen LogP contribution in [0.5, 0.6) is 0 Å². The number of hydrogen-bond acceptors (Lipinski definition) is 6. The van der Waals surface area contributed by atoms with Gasteiger partial charge in [-0.15, -0.1) is 0 Å². The van der Waals surface area contributed by atoms with Crippen molar-refractivity contribution in [3.8, 4) is 0 Å². The maximum atomic E-state index is 12.5. The highest BCUT2D eigenvalue weighted by molar-refractivity contribution is 6.01. The van der Waals surface area contributed by atoms with Crippen molar-refractivity contribution in [1.29, 1.82) is 0 Å². The zero-order chi connectivity index (χ0) is 20.6. The molecule has 3 fully saturated rings. The van der Waals surface area contributed by atoms with Crippen LogP contribution in [0.15, 0.2) is 23.8 Å². The third kappa shape index (κ3) is 2.23. The summed E-state index contributed by atoms with van der Waals surface area (Å²) < 4.78 is 0. The fourth-order valence-corrected chi connectivity index (χ4v) is 7.39. The van der Waals surface area contributed by atoms with E-state index in [2.05, 4.69) is 13.8 Å². The SMILES string of the molecule is CC1C[C@@H]2[C@H](C(O)C[C@@]3(C)[C@H]2CC(O)[C@]3(O)C(=O)CO)[C@@]2(C)C=CC(=O)C=C12. The quantitative estimate of drug-likeness (QED) is 0.554. The van der Waals surface area contributed by atoms with Crippen molar-refractivity contribution in [3.05, 3.63) is 23.8 Å². The van der Waals surface area contributed by atoms with Gasteiger partial charge in [0.05, 0.1) is 12.2 Å². The Balaban J connectivity index is 1.81. The maximum absolute atomic E-state index is 12.5. The minimum absolute atomic E-state index is 0.0149. The van der Waals surface area contributed by atoms with Gasteiger partial charge in [0.25, 0.3) is 0 Å². The van der Waals surface area contributed by atoms with Gasteiger partial charge in [0.2, 0.25) is 0 Å². The zero-order valence-corrected chi connectivity index (χ0v) is 16.6. The molecule has 3 saturated carbocycles. The first-order valence-electron chi connectivity index (χ1n) is 10.2. The minimum Gasteiger partial charge on any atom is -0.393 e. The van der Waals surface area contributed by atoms with Gasteiger partial charge in [-0.3, -0.25) is 9.59 Å². The monoisotopic (exact) mass is 390 g/mol. The van der Waals surface area contributed by atoms with Crippen LogP contribution in [0.2, 0.25) is 0 Å². The minimum atomic E-state index is -2.06. The van der Waals surface area contributed by atoms with E-state index in [-0.39, 0.29) is 42.3 Å². The summed E-state index contributed by atoms with van der Waals surface area (Å²) in [6.07, 6.45) is 4.24. The van der Waals surface area contributed by atoms with E-state index in [9.17, 15) is 30.0 Å². The molecule has 6 heteroatoms. The molecular weight excluding hydrogens is 360 g/mol. The van der Waals surface area contributed by atoms with Crippen LogP contribution in [0, 0.1) is 34.5 Å². The van der Waals surface area contributed by atoms with Crippen molar-refractivity contribution in [2.24, 2.45) is 34.5 Å². The molecule has 28 heavy (non-hydrogen) atoms. The fraction of sp³-hybridized carbons (Fsp3) is 0.727. The van der Waals surface area contributed by atoms with Gasteiger partial charge in [-0.1, -0.05) is 32.4 Å². The lowest BCUT2D eigenvalue weighted by Crippen LogP contribution is -2.64. The Labute approximate surface area is 165 Å². The van der Waals surface area contributed by atoms with E-state index in [0.717, 1.165) is 12.0 Å². The number of fused-ring (bicyclic) bond motifs is 5. The van der Waals surface area contributed by atoms with Crippen molar-refractivity contribution < 1.29 is 30.0 Å². The molecule has 0 spiro atoms. The van der Waals surface area contributed by atoms with E-state index < -0.39 is 41.0 Å². The standard InChI is InChI=1S/C22H30O6/c1-11-6-13-15-8-17(26)22(28,18(27)10-23)21(15,3)9-16(25)19(13)20(2)5-4-12(24)7-14(11)20/h4-5,7,11,13,15-17,19,23,25-26,28H,6,8-10H2,1-3H3/t11?,13-,15-,16?,17?,19+,20-,21-,22-/m0/s1. The van der Waals surface area contributed by atoms with Crippen molar-refractivity contribution in [1.82, 2.24) is 0 Å². The number of allylic oxidation sites excluding steroid dienone is 4. The van der Waals surface area contributed by atoms with Crippen LogP contribution in [-0.2, 0) is 9.59 Å². The second kappa shape index (κ2) is 6.08. The van der Waals surface area contributed by atoms with E-state index in [1.807, 2.05) is 6.08 Å². The van der Waals surface area contributed by atoms with Crippen molar-refractivity contribution in [2.45, 2.75) is 57.8 Å². The number of aliphatic hydroxyl groups excluding tert-OH is 3. The predicted octanol–water partition coefficient (Wildman–Crippen LogP) is 0.774. The smallest absolute Gasteiger partial charge is 0.192 e. The second-order valence-corrected chi connectivity index (χ2v) is 9.84. The Hall–Kier alpha value is -1.34. The van der Waals surface area contributed by atoms with Crippen LogP contribution in [0.3, 0.4) is 0 Å². The molecule has 3 unspecified atom stereocenters. The Bertz CT molecular complexity index is 786. The third-order valence-electron chi connectivity index (χ3n) is 8.61. The van der Waals surface area contributed by atoms with Gasteiger partial charge in [0, 0.05) is 16.7 Å². The topological polar surface area (TPSA) is 115 Å². The van der Waals surface area contributed by atoms with Crippen LogP contribution in [0.25, 0.3) is 0 Å². The second-order valence-electron chi connectivity index (χ2n) is 9.84. The van der Waals surface area contributed by atoms with Gasteiger partial charge in [0.1, 0.15) is 6.61 Å². The summed E-state index contributed by atoms with van der Waals surface area (Å²) in [7, 11) is 0. The first-order chi connectivity index (χ1) is 13.0. The van der Waals surface area contributed by atoms with E-state index in [4.69, 9.17) is 0 Å². The van der Waals surface area contributed by atoms with Crippen molar-refractivity contribution in [2.75, 3.05) is 6.61 Å². The highest BCUT2D eigenvalue weighted by Gasteiger charge is 2.71. The number of hydrogen-bond donors (Lipinski definition) is 4. The van der Waals surface area contributed by atoms with E-state index in [1.165, 1.54) is 0 Å². The Morgan fingerprint density at radius 1 is 1.25 bits per heavy atom. The van der Waals surface area contributed by atoms with Gasteiger partial charge in [0.15, 0.2) is 17.2 Å². The molecule has 4 aliphatic carbocycles. The Morgan fingerprint density at radius 2 is 1.93 bits per heavy atom. The first kappa shape index (κ1) is 20.0. The lowest BCUT2D eigenvalue weighted by Gasteiger charge is -2.60. The molecule has 6 nitrogen and oxygen atoms in total. The largest absolute Gasteiger partial charge is 0.393 e. The van der Waals surface area contributed by atoms with Crippen LogP contribution < -0.4 is 0 Å². The summed E-state index contributed by atoms with van der Waals surface area (Å²) >= 11 is 0. The summed E-state index contributed by atoms with van der Waals surface area (Å²) in [5, 5.41) is 42.6. The average molecular weight is 390 g/mol. The van der Waals surface area contributed by atoms with Crippen LogP contribution in [0.1, 0.15) is 40.0 Å². The molecule has 0 radical (unpaired) electrons. The molecule has 0 amide bonds. The lowest BCUT2D eigenvalue weighted by molar-refractivity contribution is -0.191. The number of aliphatic hydroxyl groups is 4. The van der Waals surface area contributed by atoms with E-state index >= 15 is 0 Å². The fourth-order valence-electron chi connectivity index (χ4n) is 7.39. The summed E-state index contributed by atoms with van der Waals surface area (Å²) in [6.45, 7) is 5.05. The van der Waals surface area contributed by atoms with Crippen LogP contribution in [-0.4, -0.2) is 56.4 Å². The molecule has 0 aromatic carbocycles. The number of rotatable bonds is 2. The predicted molar refractivity (Wildman–Crippen MR) is 101 cm³/mol. The highest BCUT2D eigenvalue weighted by Crippen LogP contribution is 2.67. The number of carbonyl (C=O) groups is 2. The van der Waals surface area contributed by atoms with Gasteiger partial charge < -0.3 is 20.4 Å². The average Bonchev–Trinajstić information content (AvgIpc) is 2.83. The molecule has 0 aromatic rings. The lowest BCUT2D eigenvalue weighted by atomic mass is 9.45. The van der Waals surface area contributed by atoms with Gasteiger partial charge in [-0.25, -0.2) is 0 Å². The Morgan fingerprint density at radius 3 is 2.57 bits per heavy atom. The summed E-state index contributed by atoms with van der Waals surface area (Å²) in [6, 6.07) is 0. The molecule has 154 valence electrons. The van der Waals surface area contributed by atoms with Crippen LogP contribution >= 0.6 is 0 Å². The molecule has 4 N–H and O–H groups in total. The molecule has 0 aromatic heterocycles. The normalized spacial score (nSPS) is 52.5. The van der Waals surface area contributed by atoms with Gasteiger partial charge in [-0.2, -0.15) is 0 Å². The van der Waals surface area contributed by atoms with Crippen LogP contribution in [0.4, 0.5) is 0 Å². The number of Topliss-reactive ketones (excluding diaryl/α,β-unsaturated/α-hetero) is 1. The number of carbonyl (C=O) groups excluding carboxylic acids is 2.